The lowest BCUT2D eigenvalue weighted by atomic mass is 10.2. The van der Waals surface area contributed by atoms with Gasteiger partial charge in [-0.15, -0.1) is 0 Å². The van der Waals surface area contributed by atoms with Gasteiger partial charge in [0.05, 0.1) is 0 Å². The predicted octanol–water partition coefficient (Wildman–Crippen LogP) is 1.71. The molecule has 0 saturated heterocycles. The molecule has 0 aliphatic carbocycles. The zero-order valence-corrected chi connectivity index (χ0v) is 10.8. The Balaban J connectivity index is 2.84. The van der Waals surface area contributed by atoms with Crippen LogP contribution in [0.2, 0.25) is 5.02 Å². The molecule has 0 aliphatic rings. The van der Waals surface area contributed by atoms with Crippen molar-refractivity contribution in [2.24, 2.45) is 5.73 Å². The van der Waals surface area contributed by atoms with Crippen LogP contribution in [0.4, 0.5) is 0 Å². The Bertz CT molecular complexity index is 417. The molecule has 1 aromatic carbocycles. The van der Waals surface area contributed by atoms with E-state index in [-0.39, 0.29) is 0 Å². The Morgan fingerprint density at radius 1 is 1.44 bits per heavy atom. The minimum atomic E-state index is -0.717. The quantitative estimate of drug-likeness (QED) is 0.892. The number of nitrogens with two attached hydrogens (primary N) is 1. The summed E-state index contributed by atoms with van der Waals surface area (Å²) in [6.07, 6.45) is 0. The van der Waals surface area contributed by atoms with Crippen LogP contribution in [-0.2, 0) is 4.79 Å². The zero-order valence-electron chi connectivity index (χ0n) is 8.46. The second-order valence-electron chi connectivity index (χ2n) is 3.26. The highest BCUT2D eigenvalue weighted by atomic mass is 79.9. The molecule has 6 heteroatoms. The lowest BCUT2D eigenvalue weighted by molar-refractivity contribution is -0.119. The van der Waals surface area contributed by atoms with E-state index in [0.717, 1.165) is 0 Å². The summed E-state index contributed by atoms with van der Waals surface area (Å²) in [6.45, 7) is 1.51. The highest BCUT2D eigenvalue weighted by Gasteiger charge is 2.14. The van der Waals surface area contributed by atoms with Crippen LogP contribution in [-0.4, -0.2) is 17.9 Å². The van der Waals surface area contributed by atoms with Gasteiger partial charge in [0, 0.05) is 15.1 Å². The fourth-order valence-electron chi connectivity index (χ4n) is 1.04. The number of benzene rings is 1. The molecule has 1 aromatic rings. The molecule has 86 valence electrons. The summed E-state index contributed by atoms with van der Waals surface area (Å²) in [7, 11) is 0. The molecule has 0 aliphatic heterocycles. The summed E-state index contributed by atoms with van der Waals surface area (Å²) in [5, 5.41) is 2.89. The standard InChI is InChI=1S/C10H10BrClN2O2/c1-5(9(13)15)14-10(16)6-2-7(11)4-8(12)3-6/h2-5H,1H3,(H2,13,15)(H,14,16)/t5-/m0/s1. The molecule has 0 saturated carbocycles. The third-order valence-electron chi connectivity index (χ3n) is 1.90. The summed E-state index contributed by atoms with van der Waals surface area (Å²) >= 11 is 9.01. The number of carbonyl (C=O) groups is 2. The Labute approximate surface area is 106 Å². The molecule has 0 spiro atoms. The smallest absolute Gasteiger partial charge is 0.252 e. The van der Waals surface area contributed by atoms with Crippen LogP contribution < -0.4 is 11.1 Å². The molecule has 3 N–H and O–H groups in total. The molecule has 1 atom stereocenters. The lowest BCUT2D eigenvalue weighted by Crippen LogP contribution is -2.42. The van der Waals surface area contributed by atoms with Gasteiger partial charge >= 0.3 is 0 Å². The maximum Gasteiger partial charge on any atom is 0.252 e. The van der Waals surface area contributed by atoms with Crippen LogP contribution >= 0.6 is 27.5 Å². The average Bonchev–Trinajstić information content (AvgIpc) is 2.15. The van der Waals surface area contributed by atoms with Crippen molar-refractivity contribution in [2.75, 3.05) is 0 Å². The summed E-state index contributed by atoms with van der Waals surface area (Å²) in [5.41, 5.74) is 5.40. The Morgan fingerprint density at radius 3 is 2.56 bits per heavy atom. The van der Waals surface area contributed by atoms with E-state index in [4.69, 9.17) is 17.3 Å². The average molecular weight is 306 g/mol. The Morgan fingerprint density at radius 2 is 2.06 bits per heavy atom. The molecule has 0 unspecified atom stereocenters. The van der Waals surface area contributed by atoms with Crippen molar-refractivity contribution in [3.63, 3.8) is 0 Å². The third kappa shape index (κ3) is 3.50. The number of primary amides is 1. The zero-order chi connectivity index (χ0) is 12.3. The molecule has 4 nitrogen and oxygen atoms in total. The first-order chi connectivity index (χ1) is 7.40. The number of carbonyl (C=O) groups excluding carboxylic acids is 2. The maximum atomic E-state index is 11.7. The van der Waals surface area contributed by atoms with Gasteiger partial charge in [-0.3, -0.25) is 9.59 Å². The van der Waals surface area contributed by atoms with Gasteiger partial charge in [-0.2, -0.15) is 0 Å². The molecular weight excluding hydrogens is 295 g/mol. The van der Waals surface area contributed by atoms with E-state index in [0.29, 0.717) is 15.1 Å². The van der Waals surface area contributed by atoms with Crippen LogP contribution in [0.15, 0.2) is 22.7 Å². The van der Waals surface area contributed by atoms with Gasteiger partial charge in [-0.25, -0.2) is 0 Å². The van der Waals surface area contributed by atoms with Gasteiger partial charge in [0.25, 0.3) is 5.91 Å². The highest BCUT2D eigenvalue weighted by Crippen LogP contribution is 2.19. The molecule has 0 bridgehead atoms. The van der Waals surface area contributed by atoms with Crippen LogP contribution in [0.3, 0.4) is 0 Å². The van der Waals surface area contributed by atoms with Gasteiger partial charge in [0.2, 0.25) is 5.91 Å². The van der Waals surface area contributed by atoms with Crippen molar-refractivity contribution in [2.45, 2.75) is 13.0 Å². The van der Waals surface area contributed by atoms with Crippen molar-refractivity contribution in [1.82, 2.24) is 5.32 Å². The van der Waals surface area contributed by atoms with E-state index in [1.54, 1.807) is 12.1 Å². The highest BCUT2D eigenvalue weighted by molar-refractivity contribution is 9.10. The summed E-state index contributed by atoms with van der Waals surface area (Å²) < 4.78 is 0.692. The van der Waals surface area contributed by atoms with Crippen LogP contribution in [0, 0.1) is 0 Å². The fraction of sp³-hybridized carbons (Fsp3) is 0.200. The molecule has 0 aromatic heterocycles. The normalized spacial score (nSPS) is 11.9. The number of nitrogens with one attached hydrogen (secondary N) is 1. The molecule has 0 radical (unpaired) electrons. The maximum absolute atomic E-state index is 11.7. The summed E-state index contributed by atoms with van der Waals surface area (Å²) in [6, 6.07) is 4.06. The Hall–Kier alpha value is -1.07. The molecule has 2 amide bonds. The molecular formula is C10H10BrClN2O2. The predicted molar refractivity (Wildman–Crippen MR) is 65.3 cm³/mol. The van der Waals surface area contributed by atoms with Gasteiger partial charge in [-0.05, 0) is 25.1 Å². The number of hydrogen-bond donors (Lipinski definition) is 2. The molecule has 0 fully saturated rings. The van der Waals surface area contributed by atoms with Crippen LogP contribution in [0.5, 0.6) is 0 Å². The minimum Gasteiger partial charge on any atom is -0.368 e. The number of amides is 2. The first-order valence-corrected chi connectivity index (χ1v) is 5.63. The number of hydrogen-bond acceptors (Lipinski definition) is 2. The van der Waals surface area contributed by atoms with E-state index in [1.165, 1.54) is 13.0 Å². The van der Waals surface area contributed by atoms with E-state index < -0.39 is 17.9 Å². The summed E-state index contributed by atoms with van der Waals surface area (Å²) in [4.78, 5) is 22.4. The van der Waals surface area contributed by atoms with Crippen molar-refractivity contribution in [3.05, 3.63) is 33.3 Å². The SMILES string of the molecule is C[C@H](NC(=O)c1cc(Cl)cc(Br)c1)C(N)=O. The van der Waals surface area contributed by atoms with Gasteiger partial charge in [0.1, 0.15) is 6.04 Å². The molecule has 1 rings (SSSR count). The monoisotopic (exact) mass is 304 g/mol. The van der Waals surface area contributed by atoms with E-state index in [1.807, 2.05) is 0 Å². The van der Waals surface area contributed by atoms with Crippen molar-refractivity contribution >= 4 is 39.3 Å². The van der Waals surface area contributed by atoms with E-state index in [9.17, 15) is 9.59 Å². The van der Waals surface area contributed by atoms with Gasteiger partial charge < -0.3 is 11.1 Å². The number of rotatable bonds is 3. The second-order valence-corrected chi connectivity index (χ2v) is 4.61. The van der Waals surface area contributed by atoms with E-state index >= 15 is 0 Å². The van der Waals surface area contributed by atoms with E-state index in [2.05, 4.69) is 21.2 Å². The van der Waals surface area contributed by atoms with Gasteiger partial charge in [0.15, 0.2) is 0 Å². The molecule has 0 heterocycles. The summed E-state index contributed by atoms with van der Waals surface area (Å²) in [5.74, 6) is -0.982. The van der Waals surface area contributed by atoms with Crippen molar-refractivity contribution in [1.29, 1.82) is 0 Å². The topological polar surface area (TPSA) is 72.2 Å². The van der Waals surface area contributed by atoms with Crippen LogP contribution in [0.25, 0.3) is 0 Å². The van der Waals surface area contributed by atoms with Crippen molar-refractivity contribution in [3.8, 4) is 0 Å². The van der Waals surface area contributed by atoms with Crippen LogP contribution in [0.1, 0.15) is 17.3 Å². The first kappa shape index (κ1) is 13.0. The van der Waals surface area contributed by atoms with Gasteiger partial charge in [-0.1, -0.05) is 27.5 Å². The fourth-order valence-corrected chi connectivity index (χ4v) is 1.90. The first-order valence-electron chi connectivity index (χ1n) is 4.46. The largest absolute Gasteiger partial charge is 0.368 e. The minimum absolute atomic E-state index is 0.368. The number of halogens is 2. The third-order valence-corrected chi connectivity index (χ3v) is 2.58. The van der Waals surface area contributed by atoms with Crippen molar-refractivity contribution < 1.29 is 9.59 Å². The second kappa shape index (κ2) is 5.32. The lowest BCUT2D eigenvalue weighted by Gasteiger charge is -2.10. The Kier molecular flexibility index (Phi) is 4.32. The molecule has 16 heavy (non-hydrogen) atoms.